The number of aliphatic carboxylic acids is 1. The van der Waals surface area contributed by atoms with Crippen LogP contribution in [-0.2, 0) is 23.9 Å². The van der Waals surface area contributed by atoms with Crippen molar-refractivity contribution in [2.45, 2.75) is 59.5 Å². The quantitative estimate of drug-likeness (QED) is 0.221. The minimum absolute atomic E-state index is 0.0808. The van der Waals surface area contributed by atoms with Crippen LogP contribution >= 0.6 is 0 Å². The van der Waals surface area contributed by atoms with E-state index in [2.05, 4.69) is 26.5 Å². The highest BCUT2D eigenvalue weighted by Crippen LogP contribution is 2.56. The minimum atomic E-state index is -1.04. The topological polar surface area (TPSA) is 97.7 Å². The van der Waals surface area contributed by atoms with Gasteiger partial charge in [0.1, 0.15) is 12.4 Å². The van der Waals surface area contributed by atoms with Gasteiger partial charge in [-0.2, -0.15) is 0 Å². The molecule has 0 aromatic carbocycles. The number of rotatable bonds is 10. The van der Waals surface area contributed by atoms with E-state index >= 15 is 0 Å². The summed E-state index contributed by atoms with van der Waals surface area (Å²) in [5, 5.41) is 9.81. The van der Waals surface area contributed by atoms with Gasteiger partial charge in [-0.3, -0.25) is 14.4 Å². The van der Waals surface area contributed by atoms with E-state index in [0.717, 1.165) is 12.0 Å². The van der Waals surface area contributed by atoms with Crippen LogP contribution in [0.1, 0.15) is 53.4 Å². The summed E-state index contributed by atoms with van der Waals surface area (Å²) in [4.78, 5) is 48.3. The zero-order valence-corrected chi connectivity index (χ0v) is 19.9. The van der Waals surface area contributed by atoms with Gasteiger partial charge in [0.05, 0.1) is 5.92 Å². The van der Waals surface area contributed by atoms with Gasteiger partial charge in [0.15, 0.2) is 5.78 Å². The van der Waals surface area contributed by atoms with Gasteiger partial charge in [0.2, 0.25) is 0 Å². The highest BCUT2D eigenvalue weighted by Gasteiger charge is 2.58. The maximum absolute atomic E-state index is 12.8. The predicted molar refractivity (Wildman–Crippen MR) is 126 cm³/mol. The third kappa shape index (κ3) is 6.06. The first-order valence-corrected chi connectivity index (χ1v) is 11.4. The van der Waals surface area contributed by atoms with Gasteiger partial charge in [-0.1, -0.05) is 63.6 Å². The SMILES string of the molecule is C=C(C=O)C[C@H]1C(=O)C=C2[C@@H](OC(=O)/C=C/C=C/C(C)=C/[C@@H](C)CC)CC[C@@H](C(=O)O)[C@@]21C. The van der Waals surface area contributed by atoms with Gasteiger partial charge in [-0.15, -0.1) is 0 Å². The molecule has 1 fully saturated rings. The Balaban J connectivity index is 2.17. The monoisotopic (exact) mass is 454 g/mol. The van der Waals surface area contributed by atoms with Gasteiger partial charge >= 0.3 is 11.9 Å². The van der Waals surface area contributed by atoms with Crippen LogP contribution in [0.4, 0.5) is 0 Å². The van der Waals surface area contributed by atoms with Crippen LogP contribution in [0, 0.1) is 23.2 Å². The van der Waals surface area contributed by atoms with Crippen LogP contribution < -0.4 is 0 Å². The number of carbonyl (C=O) groups is 4. The molecule has 2 aliphatic carbocycles. The van der Waals surface area contributed by atoms with E-state index in [-0.39, 0.29) is 24.2 Å². The number of aldehydes is 1. The van der Waals surface area contributed by atoms with Crippen LogP contribution in [0.25, 0.3) is 0 Å². The maximum atomic E-state index is 12.8. The van der Waals surface area contributed by atoms with Crippen molar-refractivity contribution in [1.29, 1.82) is 0 Å². The van der Waals surface area contributed by atoms with E-state index in [1.54, 1.807) is 19.1 Å². The number of ether oxygens (including phenoxy) is 1. The first-order chi connectivity index (χ1) is 15.5. The van der Waals surface area contributed by atoms with E-state index in [0.29, 0.717) is 24.2 Å². The Kier molecular flexibility index (Phi) is 8.91. The minimum Gasteiger partial charge on any atom is -0.481 e. The highest BCUT2D eigenvalue weighted by molar-refractivity contribution is 5.99. The number of hydrogen-bond donors (Lipinski definition) is 1. The third-order valence-corrected chi connectivity index (χ3v) is 6.86. The lowest BCUT2D eigenvalue weighted by molar-refractivity contribution is -0.152. The molecule has 178 valence electrons. The predicted octanol–water partition coefficient (Wildman–Crippen LogP) is 4.77. The summed E-state index contributed by atoms with van der Waals surface area (Å²) < 4.78 is 5.64. The average molecular weight is 455 g/mol. The Morgan fingerprint density at radius 3 is 2.58 bits per heavy atom. The fraction of sp³-hybridized carbons (Fsp3) is 0.481. The number of fused-ring (bicyclic) bond motifs is 1. The molecule has 0 unspecified atom stereocenters. The summed E-state index contributed by atoms with van der Waals surface area (Å²) in [6.07, 6.45) is 11.8. The first-order valence-electron chi connectivity index (χ1n) is 11.4. The third-order valence-electron chi connectivity index (χ3n) is 6.86. The normalized spacial score (nSPS) is 28.5. The zero-order chi connectivity index (χ0) is 24.8. The summed E-state index contributed by atoms with van der Waals surface area (Å²) in [6, 6.07) is 0. The Bertz CT molecular complexity index is 934. The molecule has 1 N–H and O–H groups in total. The van der Waals surface area contributed by atoms with E-state index in [1.807, 2.05) is 13.0 Å². The van der Waals surface area contributed by atoms with Crippen LogP contribution in [0.3, 0.4) is 0 Å². The molecule has 0 aromatic rings. The molecule has 6 heteroatoms. The molecule has 2 rings (SSSR count). The van der Waals surface area contributed by atoms with Gasteiger partial charge in [-0.05, 0) is 49.3 Å². The molecule has 33 heavy (non-hydrogen) atoms. The van der Waals surface area contributed by atoms with Crippen molar-refractivity contribution in [3.63, 3.8) is 0 Å². The Morgan fingerprint density at radius 1 is 1.30 bits per heavy atom. The molecule has 0 bridgehead atoms. The Morgan fingerprint density at radius 2 is 1.97 bits per heavy atom. The van der Waals surface area contributed by atoms with Crippen LogP contribution in [0.15, 0.2) is 59.8 Å². The Labute approximate surface area is 195 Å². The molecule has 0 aromatic heterocycles. The average Bonchev–Trinajstić information content (AvgIpc) is 3.01. The van der Waals surface area contributed by atoms with Crippen molar-refractivity contribution in [2.24, 2.45) is 23.2 Å². The lowest BCUT2D eigenvalue weighted by Gasteiger charge is -2.45. The highest BCUT2D eigenvalue weighted by atomic mass is 16.5. The van der Waals surface area contributed by atoms with Gasteiger partial charge < -0.3 is 9.84 Å². The second-order valence-electron chi connectivity index (χ2n) is 9.23. The number of esters is 1. The molecule has 1 saturated carbocycles. The molecule has 0 radical (unpaired) electrons. The van der Waals surface area contributed by atoms with Gasteiger partial charge in [0.25, 0.3) is 0 Å². The van der Waals surface area contributed by atoms with Crippen molar-refractivity contribution in [2.75, 3.05) is 0 Å². The molecule has 5 atom stereocenters. The second kappa shape index (κ2) is 11.2. The lowest BCUT2D eigenvalue weighted by Crippen LogP contribution is -2.47. The molecule has 0 aliphatic heterocycles. The maximum Gasteiger partial charge on any atom is 0.331 e. The van der Waals surface area contributed by atoms with Gasteiger partial charge in [-0.25, -0.2) is 4.79 Å². The first kappa shape index (κ1) is 26.2. The smallest absolute Gasteiger partial charge is 0.331 e. The number of carbonyl (C=O) groups excluding carboxylic acids is 3. The van der Waals surface area contributed by atoms with Crippen LogP contribution in [-0.4, -0.2) is 35.2 Å². The van der Waals surface area contributed by atoms with E-state index in [4.69, 9.17) is 4.74 Å². The fourth-order valence-corrected chi connectivity index (χ4v) is 4.83. The largest absolute Gasteiger partial charge is 0.481 e. The summed E-state index contributed by atoms with van der Waals surface area (Å²) in [6.45, 7) is 11.6. The van der Waals surface area contributed by atoms with Crippen molar-refractivity contribution in [3.05, 3.63) is 59.8 Å². The molecule has 0 saturated heterocycles. The molecular weight excluding hydrogens is 420 g/mol. The molecular formula is C27H34O6. The van der Waals surface area contributed by atoms with Crippen LogP contribution in [0.5, 0.6) is 0 Å². The molecule has 6 nitrogen and oxygen atoms in total. The summed E-state index contributed by atoms with van der Waals surface area (Å²) in [5.74, 6) is -2.87. The summed E-state index contributed by atoms with van der Waals surface area (Å²) >= 11 is 0. The van der Waals surface area contributed by atoms with Crippen molar-refractivity contribution in [3.8, 4) is 0 Å². The van der Waals surface area contributed by atoms with Gasteiger partial charge in [0, 0.05) is 17.4 Å². The van der Waals surface area contributed by atoms with Crippen LogP contribution in [0.2, 0.25) is 0 Å². The number of carboxylic acids is 1. The molecule has 0 heterocycles. The number of hydrogen-bond acceptors (Lipinski definition) is 5. The fourth-order valence-electron chi connectivity index (χ4n) is 4.83. The van der Waals surface area contributed by atoms with Crippen molar-refractivity contribution < 1.29 is 29.0 Å². The Hall–Kier alpha value is -3.02. The molecule has 2 aliphatic rings. The number of allylic oxidation sites excluding steroid dienone is 7. The van der Waals surface area contributed by atoms with Crippen molar-refractivity contribution in [1.82, 2.24) is 0 Å². The summed E-state index contributed by atoms with van der Waals surface area (Å²) in [5.41, 5.74) is 0.807. The van der Waals surface area contributed by atoms with E-state index < -0.39 is 35.3 Å². The van der Waals surface area contributed by atoms with E-state index in [1.165, 1.54) is 12.2 Å². The molecule has 0 spiro atoms. The van der Waals surface area contributed by atoms with Crippen molar-refractivity contribution >= 4 is 24.0 Å². The zero-order valence-electron chi connectivity index (χ0n) is 19.9. The summed E-state index contributed by atoms with van der Waals surface area (Å²) in [7, 11) is 0. The number of carboxylic acid groups (broad SMARTS) is 1. The van der Waals surface area contributed by atoms with E-state index in [9.17, 15) is 24.3 Å². The number of ketones is 1. The molecule has 0 amide bonds. The second-order valence-corrected chi connectivity index (χ2v) is 9.23. The lowest BCUT2D eigenvalue weighted by atomic mass is 9.59. The standard InChI is InChI=1S/C27H34O6/c1-6-17(2)13-18(3)9-7-8-10-25(30)33-24-12-11-20(26(31)32)27(5)21(14-19(4)16-28)23(29)15-22(24)27/h7-10,13,15-17,20-21,24H,4,6,11-12,14H2,1-3,5H3,(H,31,32)/b9-7+,10-8+,18-13+/t17-,20-,21-,24-,27+/m0/s1.